The van der Waals surface area contributed by atoms with Gasteiger partial charge in [0.15, 0.2) is 46.4 Å². The molecule has 8 aromatic rings. The van der Waals surface area contributed by atoms with Gasteiger partial charge in [0.05, 0.1) is 42.7 Å². The number of halogens is 4. The maximum Gasteiger partial charge on any atom is 0.340 e. The van der Waals surface area contributed by atoms with Gasteiger partial charge in [-0.25, -0.2) is 37.1 Å². The molecule has 0 N–H and O–H groups in total. The van der Waals surface area contributed by atoms with Crippen LogP contribution in [0.1, 0.15) is 83.3 Å². The highest BCUT2D eigenvalue weighted by molar-refractivity contribution is 7.21. The summed E-state index contributed by atoms with van der Waals surface area (Å²) >= 11 is 1.88. The highest BCUT2D eigenvalue weighted by atomic mass is 32.1. The summed E-state index contributed by atoms with van der Waals surface area (Å²) in [5.74, 6) is -10.3. The summed E-state index contributed by atoms with van der Waals surface area (Å²) in [5.41, 5.74) is -0.813. The van der Waals surface area contributed by atoms with Crippen molar-refractivity contribution in [1.82, 2.24) is 9.97 Å². The first kappa shape index (κ1) is 40.3. The molecule has 0 spiro atoms. The molecule has 16 heteroatoms. The van der Waals surface area contributed by atoms with Gasteiger partial charge in [0.1, 0.15) is 23.2 Å². The molecule has 0 saturated carbocycles. The Hall–Kier alpha value is -7.82. The summed E-state index contributed by atoms with van der Waals surface area (Å²) in [6, 6.07) is 23.2. The van der Waals surface area contributed by atoms with E-state index in [4.69, 9.17) is 9.47 Å². The summed E-state index contributed by atoms with van der Waals surface area (Å²) in [6.45, 7) is -0.264. The maximum atomic E-state index is 14.2. The van der Waals surface area contributed by atoms with Crippen molar-refractivity contribution in [2.75, 3.05) is 0 Å². The lowest BCUT2D eigenvalue weighted by molar-refractivity contribution is 0.0466. The molecule has 0 unspecified atom stereocenters. The number of hydrogen-bond acceptors (Lipinski definition) is 12. The fraction of sp³-hybridized carbons (Fsp3) is 0.0417. The second kappa shape index (κ2) is 15.5. The smallest absolute Gasteiger partial charge is 0.340 e. The van der Waals surface area contributed by atoms with E-state index in [0.29, 0.717) is 46.2 Å². The van der Waals surface area contributed by atoms with Crippen LogP contribution in [-0.2, 0) is 22.7 Å². The van der Waals surface area contributed by atoms with Crippen molar-refractivity contribution in [2.45, 2.75) is 13.2 Å². The van der Waals surface area contributed by atoms with Crippen LogP contribution >= 0.6 is 22.7 Å². The number of esters is 2. The molecule has 0 radical (unpaired) electrons. The van der Waals surface area contributed by atoms with Crippen molar-refractivity contribution in [3.05, 3.63) is 186 Å². The van der Waals surface area contributed by atoms with Crippen LogP contribution in [0.2, 0.25) is 0 Å². The zero-order valence-corrected chi connectivity index (χ0v) is 33.9. The molecule has 2 aromatic heterocycles. The van der Waals surface area contributed by atoms with Gasteiger partial charge in [-0.2, -0.15) is 0 Å². The highest BCUT2D eigenvalue weighted by Gasteiger charge is 2.37. The average Bonchev–Trinajstić information content (AvgIpc) is 4.03. The summed E-state index contributed by atoms with van der Waals surface area (Å²) in [6.07, 6.45) is 2.32. The zero-order valence-electron chi connectivity index (χ0n) is 32.3. The first-order chi connectivity index (χ1) is 30.8. The van der Waals surface area contributed by atoms with Crippen molar-refractivity contribution >= 4 is 101 Å². The SMILES string of the molecule is O=C1C(=Cc2nc3c(C(=O)OCc4ccccc4)cc4c(cc(C(=O)OCc5ccccc5)c5nc(C=C6C(=O)c7cc(F)c(F)cc7C6=O)sc54)c3s2)C(=O)c2cc(F)c(F)cc21. The van der Waals surface area contributed by atoms with Crippen molar-refractivity contribution in [3.8, 4) is 0 Å². The molecule has 2 heterocycles. The Labute approximate surface area is 364 Å². The summed E-state index contributed by atoms with van der Waals surface area (Å²) < 4.78 is 68.7. The number of hydrogen-bond donors (Lipinski definition) is 0. The Bertz CT molecular complexity index is 3190. The van der Waals surface area contributed by atoms with E-state index in [1.165, 1.54) is 12.1 Å². The number of allylic oxidation sites excluding steroid dienone is 2. The van der Waals surface area contributed by atoms with Gasteiger partial charge in [-0.3, -0.25) is 19.2 Å². The second-order valence-corrected chi connectivity index (χ2v) is 16.6. The van der Waals surface area contributed by atoms with Crippen LogP contribution in [0.25, 0.3) is 43.4 Å². The Balaban J connectivity index is 1.16. The van der Waals surface area contributed by atoms with Crippen molar-refractivity contribution in [3.63, 3.8) is 0 Å². The number of Topliss-reactive ketones (excluding diaryl/α,β-unsaturated/α-hetero) is 4. The minimum Gasteiger partial charge on any atom is -0.457 e. The molecule has 10 rings (SSSR count). The standard InChI is InChI=1S/C48H22F4N2O8S2/c49-33-13-23-24(14-34(33)50)42(56)31(41(23)55)17-37-53-39-29(47(59)61-19-21-7-3-1-4-8-21)11-27-28(45(39)63-37)12-30(48(60)62-20-22-9-5-2-6-10-22)40-46(27)64-38(54-40)18-32-43(57)25-15-35(51)36(52)16-26(25)44(32)58/h1-18H,19-20H2. The fourth-order valence-electron chi connectivity index (χ4n) is 7.54. The first-order valence-electron chi connectivity index (χ1n) is 19.1. The highest BCUT2D eigenvalue weighted by Crippen LogP contribution is 2.42. The van der Waals surface area contributed by atoms with Crippen LogP contribution in [0.5, 0.6) is 0 Å². The molecule has 6 aromatic carbocycles. The maximum absolute atomic E-state index is 14.2. The van der Waals surface area contributed by atoms with Crippen LogP contribution in [0.3, 0.4) is 0 Å². The number of carbonyl (C=O) groups is 6. The largest absolute Gasteiger partial charge is 0.457 e. The second-order valence-electron chi connectivity index (χ2n) is 14.6. The third kappa shape index (κ3) is 6.79. The van der Waals surface area contributed by atoms with Crippen LogP contribution in [-0.4, -0.2) is 45.0 Å². The predicted molar refractivity (Wildman–Crippen MR) is 227 cm³/mol. The number of fused-ring (bicyclic) bond motifs is 7. The number of benzene rings is 6. The van der Waals surface area contributed by atoms with Gasteiger partial charge < -0.3 is 9.47 Å². The number of nitrogens with zero attached hydrogens (tertiary/aromatic N) is 2. The van der Waals surface area contributed by atoms with E-state index in [0.717, 1.165) is 34.8 Å². The predicted octanol–water partition coefficient (Wildman–Crippen LogP) is 10.3. The third-order valence-corrected chi connectivity index (χ3v) is 12.7. The van der Waals surface area contributed by atoms with Gasteiger partial charge >= 0.3 is 11.9 Å². The van der Waals surface area contributed by atoms with E-state index in [-0.39, 0.29) is 77.0 Å². The Morgan fingerprint density at radius 2 is 0.828 bits per heavy atom. The number of rotatable bonds is 8. The summed E-state index contributed by atoms with van der Waals surface area (Å²) in [5, 5.41) is 0.751. The van der Waals surface area contributed by atoms with E-state index in [2.05, 4.69) is 9.97 Å². The Kier molecular flexibility index (Phi) is 9.76. The van der Waals surface area contributed by atoms with Gasteiger partial charge in [-0.1, -0.05) is 60.7 Å². The molecule has 0 fully saturated rings. The van der Waals surface area contributed by atoms with E-state index in [1.807, 2.05) is 0 Å². The fourth-order valence-corrected chi connectivity index (χ4v) is 9.65. The molecule has 312 valence electrons. The molecule has 0 bridgehead atoms. The third-order valence-electron chi connectivity index (χ3n) is 10.6. The molecule has 2 aliphatic rings. The first-order valence-corrected chi connectivity index (χ1v) is 20.7. The number of ether oxygens (including phenoxy) is 2. The summed E-state index contributed by atoms with van der Waals surface area (Å²) in [7, 11) is 0. The number of aromatic nitrogens is 2. The number of ketones is 4. The van der Waals surface area contributed by atoms with Gasteiger partial charge in [-0.15, -0.1) is 22.7 Å². The van der Waals surface area contributed by atoms with Crippen LogP contribution in [0.15, 0.2) is 108 Å². The minimum absolute atomic E-state index is 0.0405. The van der Waals surface area contributed by atoms with Gasteiger partial charge in [-0.05, 0) is 59.7 Å². The Morgan fingerprint density at radius 3 is 1.16 bits per heavy atom. The van der Waals surface area contributed by atoms with E-state index < -0.39 is 69.5 Å². The zero-order chi connectivity index (χ0) is 44.6. The molecule has 2 aliphatic carbocycles. The number of thiazole rings is 2. The van der Waals surface area contributed by atoms with Gasteiger partial charge in [0.2, 0.25) is 0 Å². The van der Waals surface area contributed by atoms with Crippen molar-refractivity contribution in [2.24, 2.45) is 0 Å². The monoisotopic (exact) mass is 894 g/mol. The lowest BCUT2D eigenvalue weighted by atomic mass is 10.0. The molecule has 0 saturated heterocycles. The minimum atomic E-state index is -1.31. The number of carbonyl (C=O) groups excluding carboxylic acids is 6. The van der Waals surface area contributed by atoms with Gasteiger partial charge in [0, 0.05) is 33.0 Å². The van der Waals surface area contributed by atoms with E-state index in [9.17, 15) is 46.3 Å². The van der Waals surface area contributed by atoms with Crippen molar-refractivity contribution < 1.29 is 55.8 Å². The van der Waals surface area contributed by atoms with Crippen LogP contribution in [0.4, 0.5) is 17.6 Å². The van der Waals surface area contributed by atoms with Crippen LogP contribution < -0.4 is 0 Å². The lowest BCUT2D eigenvalue weighted by Crippen LogP contribution is -2.08. The lowest BCUT2D eigenvalue weighted by Gasteiger charge is -2.10. The molecule has 0 atom stereocenters. The molecule has 10 nitrogen and oxygen atoms in total. The van der Waals surface area contributed by atoms with Crippen LogP contribution in [0, 0.1) is 23.3 Å². The molecule has 64 heavy (non-hydrogen) atoms. The Morgan fingerprint density at radius 1 is 0.500 bits per heavy atom. The molecule has 0 amide bonds. The average molecular weight is 895 g/mol. The normalized spacial score (nSPS) is 13.3. The summed E-state index contributed by atoms with van der Waals surface area (Å²) in [4.78, 5) is 90.9. The van der Waals surface area contributed by atoms with E-state index >= 15 is 0 Å². The topological polar surface area (TPSA) is 147 Å². The molecular formula is C48H22F4N2O8S2. The van der Waals surface area contributed by atoms with Gasteiger partial charge in [0.25, 0.3) is 0 Å². The quantitative estimate of drug-likeness (QED) is 0.0625. The van der Waals surface area contributed by atoms with Crippen molar-refractivity contribution in [1.29, 1.82) is 0 Å². The molecule has 0 aliphatic heterocycles. The molecular weight excluding hydrogens is 873 g/mol. The van der Waals surface area contributed by atoms with E-state index in [1.54, 1.807) is 60.7 Å².